The van der Waals surface area contributed by atoms with E-state index < -0.39 is 96.4 Å². The Morgan fingerprint density at radius 1 is 0.550 bits per heavy atom. The van der Waals surface area contributed by atoms with Crippen LogP contribution in [0, 0.1) is 0 Å². The van der Waals surface area contributed by atoms with Crippen LogP contribution in [0.2, 0.25) is 0 Å². The number of piperazine rings is 1. The molecule has 648 valence electrons. The van der Waals surface area contributed by atoms with Crippen LogP contribution in [0.25, 0.3) is 6.08 Å². The van der Waals surface area contributed by atoms with Crippen LogP contribution in [0.4, 0.5) is 0 Å². The molecular weight excluding hydrogens is 1620 g/mol. The van der Waals surface area contributed by atoms with Crippen molar-refractivity contribution in [3.05, 3.63) is 115 Å². The number of unbranched alkanes of at least 4 members (excludes halogenated alkanes) is 1. The van der Waals surface area contributed by atoms with Gasteiger partial charge in [-0.15, -0.1) is 0 Å². The van der Waals surface area contributed by atoms with Crippen molar-refractivity contribution in [3.8, 4) is 0 Å². The van der Waals surface area contributed by atoms with Crippen LogP contribution in [0.5, 0.6) is 0 Å². The maximum atomic E-state index is 11.7. The van der Waals surface area contributed by atoms with Gasteiger partial charge in [0.2, 0.25) is 28.0 Å². The first-order valence-corrected chi connectivity index (χ1v) is 49.7. The Bertz CT molecular complexity index is 3420. The number of allylic oxidation sites excluding steroid dienone is 1. The van der Waals surface area contributed by atoms with Gasteiger partial charge in [-0.2, -0.15) is 4.67 Å². The normalized spacial score (nSPS) is 14.8. The van der Waals surface area contributed by atoms with E-state index in [2.05, 4.69) is 72.1 Å². The molecule has 2 rings (SSSR count). The molecule has 1 aliphatic rings. The molecule has 1 amide bonds. The molecular formula is C67H129N5O31P8. The number of carbonyl (C=O) groups excluding carboxylic acids is 6. The molecule has 6 unspecified atom stereocenters. The third-order valence-corrected chi connectivity index (χ3v) is 18.5. The Hall–Kier alpha value is -4.39. The lowest BCUT2D eigenvalue weighted by Crippen LogP contribution is -2.49. The van der Waals surface area contributed by atoms with Crippen LogP contribution in [-0.2, 0) is 100 Å². The van der Waals surface area contributed by atoms with Gasteiger partial charge < -0.3 is 87.5 Å². The maximum Gasteiger partial charge on any atom is 0.339 e. The molecule has 0 bridgehead atoms. The first-order valence-electron chi connectivity index (χ1n) is 33.1. The number of ether oxygens (including phenoxy) is 4. The number of nitrogens with zero attached hydrogens (tertiary/aromatic N) is 4. The molecule has 111 heavy (non-hydrogen) atoms. The summed E-state index contributed by atoms with van der Waals surface area (Å²) in [4.78, 5) is 176. The van der Waals surface area contributed by atoms with Gasteiger partial charge in [-0.1, -0.05) is 98.2 Å². The van der Waals surface area contributed by atoms with Gasteiger partial charge in [0.1, 0.15) is 31.9 Å². The molecule has 12 N–H and O–H groups in total. The van der Waals surface area contributed by atoms with E-state index in [1.54, 1.807) is 57.7 Å². The summed E-state index contributed by atoms with van der Waals surface area (Å²) in [5, 5.41) is 2.70. The molecule has 1 fully saturated rings. The van der Waals surface area contributed by atoms with Gasteiger partial charge in [0.15, 0.2) is 13.2 Å². The third kappa shape index (κ3) is 84.8. The molecule has 0 spiro atoms. The van der Waals surface area contributed by atoms with Crippen molar-refractivity contribution in [2.24, 2.45) is 0 Å². The van der Waals surface area contributed by atoms with Crippen LogP contribution in [0.15, 0.2) is 104 Å². The monoisotopic (exact) mass is 1750 g/mol. The molecule has 36 nitrogen and oxygen atoms in total. The summed E-state index contributed by atoms with van der Waals surface area (Å²) in [6, 6.07) is 7.23. The zero-order valence-electron chi connectivity index (χ0n) is 65.0. The summed E-state index contributed by atoms with van der Waals surface area (Å²) in [6.07, 6.45) is 5.18. The van der Waals surface area contributed by atoms with Crippen molar-refractivity contribution < 1.29 is 148 Å². The summed E-state index contributed by atoms with van der Waals surface area (Å²) in [5.74, 6) is -1.79. The van der Waals surface area contributed by atoms with Crippen molar-refractivity contribution >= 4 is 108 Å². The van der Waals surface area contributed by atoms with E-state index in [1.807, 2.05) is 19.1 Å². The number of nitrogens with one attached hydrogen (secondary N) is 1. The lowest BCUT2D eigenvalue weighted by Gasteiger charge is -2.34. The van der Waals surface area contributed by atoms with Gasteiger partial charge in [-0.25, -0.2) is 24.1 Å². The van der Waals surface area contributed by atoms with Gasteiger partial charge >= 0.3 is 46.7 Å². The Balaban J connectivity index is -0.000000229. The number of hydrogen-bond donors (Lipinski definition) is 12. The molecule has 1 saturated heterocycles. The average molecular weight is 1750 g/mol. The molecule has 44 heteroatoms. The van der Waals surface area contributed by atoms with Crippen molar-refractivity contribution in [3.63, 3.8) is 0 Å². The quantitative estimate of drug-likeness (QED) is 0.00551. The fourth-order valence-electron chi connectivity index (χ4n) is 7.31. The Kier molecular flexibility index (Phi) is 65.9. The van der Waals surface area contributed by atoms with E-state index in [0.29, 0.717) is 86.3 Å². The van der Waals surface area contributed by atoms with Crippen LogP contribution in [0.3, 0.4) is 0 Å². The maximum absolute atomic E-state index is 11.7. The summed E-state index contributed by atoms with van der Waals surface area (Å²) >= 11 is 0. The molecule has 1 aliphatic heterocycles. The highest BCUT2D eigenvalue weighted by Crippen LogP contribution is 2.43. The fourth-order valence-corrected chi connectivity index (χ4v) is 13.0. The van der Waals surface area contributed by atoms with E-state index in [1.165, 1.54) is 50.3 Å². The highest BCUT2D eigenvalue weighted by molar-refractivity contribution is 7.58. The number of Topliss-reactive ketones (excluding diaryl/α,β-unsaturated/α-hetero) is 1. The number of ketones is 1. The molecule has 1 aromatic carbocycles. The van der Waals surface area contributed by atoms with Gasteiger partial charge in [-0.05, 0) is 104 Å². The van der Waals surface area contributed by atoms with Crippen LogP contribution in [0.1, 0.15) is 113 Å². The van der Waals surface area contributed by atoms with Crippen molar-refractivity contribution in [1.29, 1.82) is 0 Å². The highest BCUT2D eigenvalue weighted by Gasteiger charge is 2.27. The smallest absolute Gasteiger partial charge is 0.339 e. The number of amides is 1. The number of hydrogen-bond acceptors (Lipinski definition) is 26. The first kappa shape index (κ1) is 120. The second-order valence-electron chi connectivity index (χ2n) is 25.5. The molecule has 6 atom stereocenters. The minimum absolute atomic E-state index is 0. The predicted molar refractivity (Wildman–Crippen MR) is 438 cm³/mol. The lowest BCUT2D eigenvalue weighted by atomic mass is 10.1. The van der Waals surface area contributed by atoms with Crippen LogP contribution < -0.4 is 5.32 Å². The van der Waals surface area contributed by atoms with Gasteiger partial charge in [-0.3, -0.25) is 56.2 Å². The van der Waals surface area contributed by atoms with Gasteiger partial charge in [0.25, 0.3) is 7.57 Å². The standard InChI is InChI=1S/C12H19NO5P2.C11H21N2O4P.C11H23NO6P2.C8H16NO4P.C8H15O6P.C8H15O4P.C7H12O2.2CH4/c1-3-11-4-6-12(7-5-11)8-13(9-19(2,14)15)10-20(16,17)18;1-10(2)11(14)13-6-4-12(5-7-13)8-9-17-18(3,15)16;1-10(2)11(13)6-4-5-7-12(8-19(3,14)15)9-20(16,17)18;1-7(2)8(10)13-5-4-9-6-14(3,11)12;1-6(2)8(9)12-5-7(3)13-14-15(4,10)11;1-7(2)8(9)12-5-4-6-13(3,10)11;1-4-5-9-7(8)6(2)3;;/h3-7H,1,8-10H2,2H3,(H,14,15)(H2,16,17,18);1,4-9H2,2-3H3,(H,15,16);1,4-9H2,2-3H3,(H,14,15)(H2,16,17,18);9H,1,4-6H2,2-3H3,(H,11,12);7,10-11H,1,4-5H2,2-3H3;1,4-6H2,2-3H3,(H,10,11);2,4-5H2,1,3H3;2*1H4. The zero-order chi connectivity index (χ0) is 86.1. The number of rotatable bonds is 42. The lowest BCUT2D eigenvalue weighted by molar-refractivity contribution is -0.255. The van der Waals surface area contributed by atoms with Crippen molar-refractivity contribution in [2.45, 2.75) is 115 Å². The number of carbonyl (C=O) groups is 6. The first-order chi connectivity index (χ1) is 49.3. The average Bonchev–Trinajstić information content (AvgIpc) is 0.861. The SMILES string of the molecule is C.C.C=C(C)C(=O)CCCCN(CP(C)(=O)O)CP(=O)(O)O.C=C(C)C(=O)N1CCN(CCOP(C)(=O)O)CC1.C=C(C)C(=O)OCC(C)OOP(=C)(O)O.C=C(C)C(=O)OCCC.C=C(C)C(=O)OCCCP(C)(=O)O.C=C(C)C(=O)OCCNCP(C)(=O)O.C=Cc1ccc(CN(CP(C)(=O)O)CP(=O)(O)O)cc1. The summed E-state index contributed by atoms with van der Waals surface area (Å²) < 4.78 is 105. The zero-order valence-corrected chi connectivity index (χ0v) is 72.2. The van der Waals surface area contributed by atoms with Gasteiger partial charge in [0.05, 0.1) is 38.7 Å². The Labute approximate surface area is 656 Å². The van der Waals surface area contributed by atoms with Crippen LogP contribution in [-0.4, -0.2) is 271 Å². The Morgan fingerprint density at radius 2 is 0.982 bits per heavy atom. The summed E-state index contributed by atoms with van der Waals surface area (Å²) in [7, 11) is -28.4. The second-order valence-corrected chi connectivity index (χ2v) is 41.8. The molecule has 1 heterocycles. The third-order valence-electron chi connectivity index (χ3n) is 12.2. The van der Waals surface area contributed by atoms with E-state index in [0.717, 1.165) is 37.3 Å². The molecule has 0 saturated carbocycles. The largest absolute Gasteiger partial charge is 0.462 e. The molecule has 0 aromatic heterocycles. The Morgan fingerprint density at radius 3 is 1.36 bits per heavy atom. The summed E-state index contributed by atoms with van der Waals surface area (Å²) in [6.45, 7) is 48.8. The molecule has 0 radical (unpaired) electrons. The van der Waals surface area contributed by atoms with Crippen LogP contribution >= 0.6 is 59.8 Å². The molecule has 1 aromatic rings. The van der Waals surface area contributed by atoms with E-state index >= 15 is 0 Å². The topological polar surface area (TPSA) is 534 Å². The van der Waals surface area contributed by atoms with Gasteiger partial charge in [0, 0.05) is 120 Å². The minimum Gasteiger partial charge on any atom is -0.462 e. The second kappa shape index (κ2) is 61.0. The minimum atomic E-state index is -4.28. The van der Waals surface area contributed by atoms with E-state index in [9.17, 15) is 70.5 Å². The highest BCUT2D eigenvalue weighted by atomic mass is 31.2. The number of benzene rings is 1. The van der Waals surface area contributed by atoms with Crippen molar-refractivity contribution in [1.82, 2.24) is 24.9 Å². The number of esters is 4. The van der Waals surface area contributed by atoms with Crippen molar-refractivity contribution in [2.75, 3.05) is 150 Å². The molecule has 0 aliphatic carbocycles. The summed E-state index contributed by atoms with van der Waals surface area (Å²) in [5.41, 5.74) is 4.17. The van der Waals surface area contributed by atoms with E-state index in [-0.39, 0.29) is 103 Å². The van der Waals surface area contributed by atoms with E-state index in [4.69, 9.17) is 67.5 Å². The predicted octanol–water partition coefficient (Wildman–Crippen LogP) is 9.62. The fraction of sp³-hybridized carbons (Fsp3) is 0.597.